The number of hydrogen-bond donors (Lipinski definition) is 0. The van der Waals surface area contributed by atoms with E-state index >= 15 is 0 Å². The van der Waals surface area contributed by atoms with Crippen molar-refractivity contribution in [1.29, 1.82) is 0 Å². The SMILES string of the molecule is CC(=O)N(Cc1ccsc1)C1CC12CCN(Cc1cn(C)nc1C)CC2. The molecule has 1 aliphatic heterocycles. The fraction of sp³-hybridized carbons (Fsp3) is 0.600. The van der Waals surface area contributed by atoms with Crippen LogP contribution in [0.2, 0.25) is 0 Å². The molecule has 0 N–H and O–H groups in total. The van der Waals surface area contributed by atoms with E-state index in [1.54, 1.807) is 18.3 Å². The molecule has 1 unspecified atom stereocenters. The largest absolute Gasteiger partial charge is 0.335 e. The zero-order chi connectivity index (χ0) is 18.3. The van der Waals surface area contributed by atoms with Crippen LogP contribution in [0.15, 0.2) is 23.0 Å². The summed E-state index contributed by atoms with van der Waals surface area (Å²) in [5.74, 6) is 0.214. The van der Waals surface area contributed by atoms with Crippen LogP contribution in [-0.4, -0.2) is 44.6 Å². The van der Waals surface area contributed by atoms with Crippen LogP contribution in [0.3, 0.4) is 0 Å². The Labute approximate surface area is 159 Å². The molecule has 1 amide bonds. The Kier molecular flexibility index (Phi) is 4.65. The van der Waals surface area contributed by atoms with Crippen molar-refractivity contribution in [2.24, 2.45) is 12.5 Å². The molecule has 2 aromatic rings. The molecule has 6 heteroatoms. The first-order valence-corrected chi connectivity index (χ1v) is 10.4. The molecule has 1 saturated carbocycles. The fourth-order valence-corrected chi connectivity index (χ4v) is 5.19. The van der Waals surface area contributed by atoms with Crippen molar-refractivity contribution in [1.82, 2.24) is 19.6 Å². The lowest BCUT2D eigenvalue weighted by Crippen LogP contribution is -2.39. The Bertz CT molecular complexity index is 774. The molecule has 1 atom stereocenters. The topological polar surface area (TPSA) is 41.4 Å². The minimum Gasteiger partial charge on any atom is -0.335 e. The van der Waals surface area contributed by atoms with Gasteiger partial charge in [-0.15, -0.1) is 0 Å². The minimum absolute atomic E-state index is 0.214. The number of aromatic nitrogens is 2. The Morgan fingerprint density at radius 2 is 2.19 bits per heavy atom. The first kappa shape index (κ1) is 17.7. The van der Waals surface area contributed by atoms with E-state index in [2.05, 4.69) is 44.8 Å². The molecule has 0 radical (unpaired) electrons. The summed E-state index contributed by atoms with van der Waals surface area (Å²) in [4.78, 5) is 16.9. The van der Waals surface area contributed by atoms with Gasteiger partial charge in [-0.2, -0.15) is 16.4 Å². The molecule has 26 heavy (non-hydrogen) atoms. The summed E-state index contributed by atoms with van der Waals surface area (Å²) in [6.07, 6.45) is 5.71. The number of piperidine rings is 1. The van der Waals surface area contributed by atoms with Crippen molar-refractivity contribution in [2.45, 2.75) is 52.2 Å². The van der Waals surface area contributed by atoms with Crippen molar-refractivity contribution in [2.75, 3.05) is 13.1 Å². The predicted molar refractivity (Wildman–Crippen MR) is 104 cm³/mol. The van der Waals surface area contributed by atoms with Gasteiger partial charge in [0.25, 0.3) is 0 Å². The first-order valence-electron chi connectivity index (χ1n) is 9.47. The summed E-state index contributed by atoms with van der Waals surface area (Å²) in [6, 6.07) is 2.57. The van der Waals surface area contributed by atoms with Gasteiger partial charge in [-0.3, -0.25) is 14.4 Å². The second-order valence-corrected chi connectivity index (χ2v) is 8.83. The molecule has 2 aliphatic rings. The fourth-order valence-electron chi connectivity index (χ4n) is 4.53. The maximum Gasteiger partial charge on any atom is 0.220 e. The van der Waals surface area contributed by atoms with E-state index in [-0.39, 0.29) is 5.91 Å². The Hall–Kier alpha value is -1.66. The van der Waals surface area contributed by atoms with E-state index in [9.17, 15) is 4.79 Å². The van der Waals surface area contributed by atoms with Crippen molar-refractivity contribution < 1.29 is 4.79 Å². The Morgan fingerprint density at radius 3 is 2.77 bits per heavy atom. The van der Waals surface area contributed by atoms with Crippen molar-refractivity contribution in [3.05, 3.63) is 39.8 Å². The summed E-state index contributed by atoms with van der Waals surface area (Å²) >= 11 is 1.71. The maximum absolute atomic E-state index is 12.2. The van der Waals surface area contributed by atoms with Gasteiger partial charge in [0.05, 0.1) is 5.69 Å². The standard InChI is InChI=1S/C20H28N4OS/c1-15-18(12-22(3)21-15)13-23-7-5-20(6-8-23)10-19(20)24(16(2)25)11-17-4-9-26-14-17/h4,9,12,14,19H,5-8,10-11,13H2,1-3H3. The van der Waals surface area contributed by atoms with E-state index in [1.165, 1.54) is 30.4 Å². The van der Waals surface area contributed by atoms with Crippen LogP contribution in [0.25, 0.3) is 0 Å². The summed E-state index contributed by atoms with van der Waals surface area (Å²) in [5.41, 5.74) is 4.09. The number of likely N-dealkylation sites (tertiary alicyclic amines) is 1. The van der Waals surface area contributed by atoms with Crippen LogP contribution in [-0.2, 0) is 24.9 Å². The van der Waals surface area contributed by atoms with E-state index < -0.39 is 0 Å². The average molecular weight is 373 g/mol. The molecule has 3 heterocycles. The molecule has 2 aromatic heterocycles. The van der Waals surface area contributed by atoms with Crippen LogP contribution in [0.5, 0.6) is 0 Å². The Morgan fingerprint density at radius 1 is 1.42 bits per heavy atom. The number of hydrogen-bond acceptors (Lipinski definition) is 4. The normalized spacial score (nSPS) is 21.9. The van der Waals surface area contributed by atoms with Gasteiger partial charge in [-0.05, 0) is 67.1 Å². The lowest BCUT2D eigenvalue weighted by molar-refractivity contribution is -0.130. The lowest BCUT2D eigenvalue weighted by Gasteiger charge is -2.34. The minimum atomic E-state index is 0.214. The second-order valence-electron chi connectivity index (χ2n) is 8.05. The van der Waals surface area contributed by atoms with Crippen LogP contribution < -0.4 is 0 Å². The van der Waals surface area contributed by atoms with Crippen LogP contribution in [0.4, 0.5) is 0 Å². The molecular formula is C20H28N4OS. The van der Waals surface area contributed by atoms with Crippen LogP contribution >= 0.6 is 11.3 Å². The highest BCUT2D eigenvalue weighted by atomic mass is 32.1. The van der Waals surface area contributed by atoms with Crippen LogP contribution in [0.1, 0.15) is 43.0 Å². The Balaban J connectivity index is 1.35. The molecule has 1 spiro atoms. The number of carbonyl (C=O) groups is 1. The molecule has 0 bridgehead atoms. The lowest BCUT2D eigenvalue weighted by atomic mass is 9.92. The highest BCUT2D eigenvalue weighted by molar-refractivity contribution is 7.07. The van der Waals surface area contributed by atoms with Gasteiger partial charge in [0.15, 0.2) is 0 Å². The zero-order valence-electron chi connectivity index (χ0n) is 15.9. The van der Waals surface area contributed by atoms with E-state index in [4.69, 9.17) is 0 Å². The van der Waals surface area contributed by atoms with Gasteiger partial charge < -0.3 is 4.90 Å². The smallest absolute Gasteiger partial charge is 0.220 e. The number of nitrogens with zero attached hydrogens (tertiary/aromatic N) is 4. The number of aryl methyl sites for hydroxylation is 2. The maximum atomic E-state index is 12.2. The van der Waals surface area contributed by atoms with Crippen molar-refractivity contribution in [3.63, 3.8) is 0 Å². The molecule has 1 saturated heterocycles. The molecule has 140 valence electrons. The molecule has 1 aliphatic carbocycles. The highest BCUT2D eigenvalue weighted by Gasteiger charge is 2.58. The van der Waals surface area contributed by atoms with Gasteiger partial charge in [-0.25, -0.2) is 0 Å². The second kappa shape index (κ2) is 6.82. The summed E-state index contributed by atoms with van der Waals surface area (Å²) < 4.78 is 1.90. The molecule has 0 aromatic carbocycles. The third-order valence-electron chi connectivity index (χ3n) is 6.22. The summed E-state index contributed by atoms with van der Waals surface area (Å²) in [5, 5.41) is 8.70. The number of amides is 1. The highest BCUT2D eigenvalue weighted by Crippen LogP contribution is 2.57. The van der Waals surface area contributed by atoms with Gasteiger partial charge in [-0.1, -0.05) is 0 Å². The summed E-state index contributed by atoms with van der Waals surface area (Å²) in [6.45, 7) is 7.81. The van der Waals surface area contributed by atoms with E-state index in [0.717, 1.165) is 31.9 Å². The van der Waals surface area contributed by atoms with Gasteiger partial charge in [0.1, 0.15) is 0 Å². The van der Waals surface area contributed by atoms with Gasteiger partial charge >= 0.3 is 0 Å². The average Bonchev–Trinajstić information content (AvgIpc) is 2.93. The summed E-state index contributed by atoms with van der Waals surface area (Å²) in [7, 11) is 1.99. The molecular weight excluding hydrogens is 344 g/mol. The molecule has 2 fully saturated rings. The van der Waals surface area contributed by atoms with Crippen molar-refractivity contribution >= 4 is 17.2 Å². The third-order valence-corrected chi connectivity index (χ3v) is 6.95. The first-order chi connectivity index (χ1) is 12.5. The van der Waals surface area contributed by atoms with E-state index in [0.29, 0.717) is 11.5 Å². The molecule has 5 nitrogen and oxygen atoms in total. The predicted octanol–water partition coefficient (Wildman–Crippen LogP) is 3.19. The number of rotatable bonds is 5. The monoisotopic (exact) mass is 372 g/mol. The van der Waals surface area contributed by atoms with E-state index in [1.807, 2.05) is 11.7 Å². The molecule has 4 rings (SSSR count). The quantitative estimate of drug-likeness (QED) is 0.809. The zero-order valence-corrected chi connectivity index (χ0v) is 16.8. The van der Waals surface area contributed by atoms with Gasteiger partial charge in [0, 0.05) is 44.9 Å². The third kappa shape index (κ3) is 3.45. The van der Waals surface area contributed by atoms with Crippen molar-refractivity contribution in [3.8, 4) is 0 Å². The number of thiophene rings is 1. The number of carbonyl (C=O) groups excluding carboxylic acids is 1. The van der Waals surface area contributed by atoms with Crippen LogP contribution in [0, 0.1) is 12.3 Å². The van der Waals surface area contributed by atoms with Gasteiger partial charge in [0.2, 0.25) is 5.91 Å².